The molecule has 0 saturated carbocycles. The SMILES string of the molecule is CCNC(=NCc1nc(C(C)(C)C)cs1)N1CCC(C)(C)C1. The van der Waals surface area contributed by atoms with Gasteiger partial charge in [-0.2, -0.15) is 0 Å². The summed E-state index contributed by atoms with van der Waals surface area (Å²) in [7, 11) is 0. The maximum atomic E-state index is 4.81. The average molecular weight is 323 g/mol. The number of nitrogens with one attached hydrogen (secondary N) is 1. The van der Waals surface area contributed by atoms with Crippen molar-refractivity contribution in [2.45, 2.75) is 59.9 Å². The average Bonchev–Trinajstić information content (AvgIpc) is 3.00. The van der Waals surface area contributed by atoms with Crippen LogP contribution in [0.2, 0.25) is 0 Å². The second-order valence-electron chi connectivity index (χ2n) is 7.88. The maximum Gasteiger partial charge on any atom is 0.194 e. The molecule has 1 aromatic rings. The van der Waals surface area contributed by atoms with Gasteiger partial charge in [-0.15, -0.1) is 11.3 Å². The molecule has 0 amide bonds. The van der Waals surface area contributed by atoms with Crippen molar-refractivity contribution in [2.24, 2.45) is 10.4 Å². The monoisotopic (exact) mass is 322 g/mol. The lowest BCUT2D eigenvalue weighted by Crippen LogP contribution is -2.40. The molecule has 2 heterocycles. The molecule has 22 heavy (non-hydrogen) atoms. The Morgan fingerprint density at radius 2 is 2.18 bits per heavy atom. The Hall–Kier alpha value is -1.10. The van der Waals surface area contributed by atoms with Gasteiger partial charge in [-0.1, -0.05) is 34.6 Å². The Balaban J connectivity index is 2.06. The minimum atomic E-state index is 0.113. The lowest BCUT2D eigenvalue weighted by Gasteiger charge is -2.23. The summed E-state index contributed by atoms with van der Waals surface area (Å²) in [6, 6.07) is 0. The number of aromatic nitrogens is 1. The van der Waals surface area contributed by atoms with E-state index < -0.39 is 0 Å². The van der Waals surface area contributed by atoms with E-state index in [1.807, 2.05) is 0 Å². The zero-order chi connectivity index (χ0) is 16.4. The first kappa shape index (κ1) is 17.3. The van der Waals surface area contributed by atoms with Crippen molar-refractivity contribution in [3.8, 4) is 0 Å². The molecular formula is C17H30N4S. The summed E-state index contributed by atoms with van der Waals surface area (Å²) in [6.07, 6.45) is 1.23. The molecule has 4 nitrogen and oxygen atoms in total. The summed E-state index contributed by atoms with van der Waals surface area (Å²) in [5.74, 6) is 1.03. The number of nitrogens with zero attached hydrogens (tertiary/aromatic N) is 3. The Morgan fingerprint density at radius 1 is 1.45 bits per heavy atom. The number of thiazole rings is 1. The molecule has 0 unspecified atom stereocenters. The molecule has 1 aliphatic rings. The third-order valence-electron chi connectivity index (χ3n) is 4.00. The molecule has 0 atom stereocenters. The van der Waals surface area contributed by atoms with Crippen LogP contribution >= 0.6 is 11.3 Å². The summed E-state index contributed by atoms with van der Waals surface area (Å²) in [6.45, 7) is 17.1. The van der Waals surface area contributed by atoms with Gasteiger partial charge in [0.05, 0.1) is 12.2 Å². The highest BCUT2D eigenvalue weighted by molar-refractivity contribution is 7.09. The van der Waals surface area contributed by atoms with E-state index in [1.165, 1.54) is 6.42 Å². The lowest BCUT2D eigenvalue weighted by molar-refractivity contribution is 0.370. The molecule has 0 spiro atoms. The molecule has 1 aromatic heterocycles. The molecule has 124 valence electrons. The zero-order valence-electron chi connectivity index (χ0n) is 14.9. The van der Waals surface area contributed by atoms with E-state index in [9.17, 15) is 0 Å². The van der Waals surface area contributed by atoms with Gasteiger partial charge < -0.3 is 10.2 Å². The molecule has 1 N–H and O–H groups in total. The Kier molecular flexibility index (Phi) is 5.15. The summed E-state index contributed by atoms with van der Waals surface area (Å²) in [4.78, 5) is 11.9. The standard InChI is InChI=1S/C17H30N4S/c1-7-18-15(21-9-8-17(5,6)12-21)19-10-14-20-13(11-22-14)16(2,3)4/h11H,7-10,12H2,1-6H3,(H,18,19). The highest BCUT2D eigenvalue weighted by Crippen LogP contribution is 2.29. The normalized spacial score (nSPS) is 18.8. The van der Waals surface area contributed by atoms with Crippen LogP contribution in [0.4, 0.5) is 0 Å². The van der Waals surface area contributed by atoms with Crippen molar-refractivity contribution in [1.29, 1.82) is 0 Å². The molecule has 1 saturated heterocycles. The third-order valence-corrected chi connectivity index (χ3v) is 4.83. The van der Waals surface area contributed by atoms with Gasteiger partial charge in [0.1, 0.15) is 5.01 Å². The minimum absolute atomic E-state index is 0.113. The first-order chi connectivity index (χ1) is 10.2. The number of guanidine groups is 1. The van der Waals surface area contributed by atoms with Crippen molar-refractivity contribution in [3.63, 3.8) is 0 Å². The van der Waals surface area contributed by atoms with Crippen LogP contribution in [0.15, 0.2) is 10.4 Å². The number of hydrogen-bond donors (Lipinski definition) is 1. The van der Waals surface area contributed by atoms with E-state index in [2.05, 4.69) is 57.1 Å². The van der Waals surface area contributed by atoms with Gasteiger partial charge in [0.2, 0.25) is 0 Å². The molecular weight excluding hydrogens is 292 g/mol. The number of likely N-dealkylation sites (tertiary alicyclic amines) is 1. The van der Waals surface area contributed by atoms with Gasteiger partial charge in [-0.3, -0.25) is 0 Å². The van der Waals surface area contributed by atoms with Gasteiger partial charge in [0, 0.05) is 30.4 Å². The van der Waals surface area contributed by atoms with Gasteiger partial charge in [-0.05, 0) is 18.8 Å². The summed E-state index contributed by atoms with van der Waals surface area (Å²) in [5, 5.41) is 6.68. The van der Waals surface area contributed by atoms with Crippen LogP contribution in [0.1, 0.15) is 58.7 Å². The van der Waals surface area contributed by atoms with Crippen LogP contribution in [0, 0.1) is 5.41 Å². The fraction of sp³-hybridized carbons (Fsp3) is 0.765. The Labute approximate surface area is 139 Å². The van der Waals surface area contributed by atoms with E-state index in [-0.39, 0.29) is 5.41 Å². The predicted octanol–water partition coefficient (Wildman–Crippen LogP) is 3.64. The molecule has 2 rings (SSSR count). The number of hydrogen-bond acceptors (Lipinski definition) is 3. The second kappa shape index (κ2) is 6.57. The van der Waals surface area contributed by atoms with Crippen molar-refractivity contribution < 1.29 is 0 Å². The fourth-order valence-corrected chi connectivity index (χ4v) is 3.53. The quantitative estimate of drug-likeness (QED) is 0.682. The van der Waals surface area contributed by atoms with E-state index >= 15 is 0 Å². The van der Waals surface area contributed by atoms with E-state index in [4.69, 9.17) is 9.98 Å². The first-order valence-corrected chi connectivity index (χ1v) is 9.07. The molecule has 1 fully saturated rings. The van der Waals surface area contributed by atoms with Gasteiger partial charge in [0.25, 0.3) is 0 Å². The highest BCUT2D eigenvalue weighted by atomic mass is 32.1. The molecule has 0 bridgehead atoms. The van der Waals surface area contributed by atoms with Crippen LogP contribution < -0.4 is 5.32 Å². The molecule has 5 heteroatoms. The number of aliphatic imine (C=N–C) groups is 1. The largest absolute Gasteiger partial charge is 0.357 e. The summed E-state index contributed by atoms with van der Waals surface area (Å²) in [5.41, 5.74) is 1.66. The zero-order valence-corrected chi connectivity index (χ0v) is 15.7. The van der Waals surface area contributed by atoms with Gasteiger partial charge in [0.15, 0.2) is 5.96 Å². The topological polar surface area (TPSA) is 40.5 Å². The van der Waals surface area contributed by atoms with Crippen molar-refractivity contribution in [1.82, 2.24) is 15.2 Å². The molecule has 0 radical (unpaired) electrons. The second-order valence-corrected chi connectivity index (χ2v) is 8.83. The molecule has 0 aliphatic carbocycles. The van der Waals surface area contributed by atoms with Crippen LogP contribution in [0.25, 0.3) is 0 Å². The van der Waals surface area contributed by atoms with E-state index in [0.717, 1.165) is 36.3 Å². The van der Waals surface area contributed by atoms with Gasteiger partial charge >= 0.3 is 0 Å². The van der Waals surface area contributed by atoms with Crippen LogP contribution in [-0.4, -0.2) is 35.5 Å². The van der Waals surface area contributed by atoms with Gasteiger partial charge in [-0.25, -0.2) is 9.98 Å². The van der Waals surface area contributed by atoms with Crippen molar-refractivity contribution >= 4 is 17.3 Å². The van der Waals surface area contributed by atoms with E-state index in [0.29, 0.717) is 12.0 Å². The predicted molar refractivity (Wildman–Crippen MR) is 95.6 cm³/mol. The Morgan fingerprint density at radius 3 is 2.68 bits per heavy atom. The minimum Gasteiger partial charge on any atom is -0.357 e. The lowest BCUT2D eigenvalue weighted by atomic mass is 9.93. The molecule has 1 aliphatic heterocycles. The summed E-state index contributed by atoms with van der Waals surface area (Å²) < 4.78 is 0. The maximum absolute atomic E-state index is 4.81. The smallest absolute Gasteiger partial charge is 0.194 e. The number of rotatable bonds is 3. The van der Waals surface area contributed by atoms with Crippen LogP contribution in [0.5, 0.6) is 0 Å². The van der Waals surface area contributed by atoms with Crippen LogP contribution in [0.3, 0.4) is 0 Å². The Bertz CT molecular complexity index is 525. The fourth-order valence-electron chi connectivity index (χ4n) is 2.59. The first-order valence-electron chi connectivity index (χ1n) is 8.19. The third kappa shape index (κ3) is 4.45. The van der Waals surface area contributed by atoms with E-state index in [1.54, 1.807) is 11.3 Å². The van der Waals surface area contributed by atoms with Crippen molar-refractivity contribution in [3.05, 3.63) is 16.1 Å². The molecule has 0 aromatic carbocycles. The van der Waals surface area contributed by atoms with Crippen molar-refractivity contribution in [2.75, 3.05) is 19.6 Å². The highest BCUT2D eigenvalue weighted by Gasteiger charge is 2.30. The summed E-state index contributed by atoms with van der Waals surface area (Å²) >= 11 is 1.71. The van der Waals surface area contributed by atoms with Crippen LogP contribution in [-0.2, 0) is 12.0 Å².